The number of anilines is 1. The molecule has 2 amide bonds. The van der Waals surface area contributed by atoms with Crippen LogP contribution in [0.25, 0.3) is 6.08 Å². The molecule has 1 aliphatic heterocycles. The molecule has 2 aromatic carbocycles. The number of ether oxygens (including phenoxy) is 3. The average molecular weight is 387 g/mol. The number of amides is 2. The first-order valence-corrected chi connectivity index (χ1v) is 8.67. The first-order valence-electron chi connectivity index (χ1n) is 7.85. The molecule has 0 spiro atoms. The lowest BCUT2D eigenvalue weighted by Gasteiger charge is -2.13. The summed E-state index contributed by atoms with van der Waals surface area (Å²) in [7, 11) is 4.34. The fraction of sp³-hybridized carbons (Fsp3) is 0.158. The monoisotopic (exact) mass is 387 g/mol. The van der Waals surface area contributed by atoms with Gasteiger partial charge in [-0.3, -0.25) is 9.59 Å². The van der Waals surface area contributed by atoms with Crippen molar-refractivity contribution in [3.05, 3.63) is 46.9 Å². The maximum absolute atomic E-state index is 12.8. The maximum atomic E-state index is 12.8. The third-order valence-electron chi connectivity index (χ3n) is 3.91. The van der Waals surface area contributed by atoms with E-state index in [1.807, 2.05) is 0 Å². The van der Waals surface area contributed by atoms with E-state index < -0.39 is 11.1 Å². The predicted molar refractivity (Wildman–Crippen MR) is 103 cm³/mol. The van der Waals surface area contributed by atoms with Crippen molar-refractivity contribution in [1.29, 1.82) is 0 Å². The largest absolute Gasteiger partial charge is 0.502 e. The third-order valence-corrected chi connectivity index (χ3v) is 4.77. The summed E-state index contributed by atoms with van der Waals surface area (Å²) in [6, 6.07) is 9.82. The zero-order valence-corrected chi connectivity index (χ0v) is 15.7. The molecule has 1 fully saturated rings. The van der Waals surface area contributed by atoms with Crippen LogP contribution in [0.3, 0.4) is 0 Å². The molecule has 0 radical (unpaired) electrons. The van der Waals surface area contributed by atoms with Crippen LogP contribution in [-0.2, 0) is 4.79 Å². The first kappa shape index (κ1) is 18.7. The van der Waals surface area contributed by atoms with Crippen LogP contribution in [0.1, 0.15) is 5.56 Å². The zero-order chi connectivity index (χ0) is 19.6. The van der Waals surface area contributed by atoms with Crippen LogP contribution in [0.15, 0.2) is 41.3 Å². The van der Waals surface area contributed by atoms with Gasteiger partial charge in [0.2, 0.25) is 5.75 Å². The summed E-state index contributed by atoms with van der Waals surface area (Å²) in [4.78, 5) is 26.5. The molecular weight excluding hydrogens is 370 g/mol. The van der Waals surface area contributed by atoms with Gasteiger partial charge >= 0.3 is 0 Å². The second kappa shape index (κ2) is 7.63. The summed E-state index contributed by atoms with van der Waals surface area (Å²) in [5, 5.41) is 9.59. The van der Waals surface area contributed by atoms with Crippen LogP contribution in [0.4, 0.5) is 10.5 Å². The Morgan fingerprint density at radius 2 is 1.67 bits per heavy atom. The van der Waals surface area contributed by atoms with Crippen molar-refractivity contribution < 1.29 is 28.9 Å². The minimum absolute atomic E-state index is 0.137. The molecule has 140 valence electrons. The second-order valence-corrected chi connectivity index (χ2v) is 6.49. The molecule has 1 saturated heterocycles. The minimum atomic E-state index is -0.440. The standard InChI is InChI=1S/C19H17NO6S/c1-24-13-6-4-5-12(10-13)20-18(22)16(27-19(20)23)9-11-7-14(25-2)17(21)15(8-11)26-3/h4-10,21H,1-3H3/b16-9-. The molecule has 0 aromatic heterocycles. The molecule has 7 nitrogen and oxygen atoms in total. The van der Waals surface area contributed by atoms with Crippen molar-refractivity contribution >= 4 is 34.7 Å². The van der Waals surface area contributed by atoms with Crippen LogP contribution < -0.4 is 19.1 Å². The molecule has 0 bridgehead atoms. The maximum Gasteiger partial charge on any atom is 0.298 e. The summed E-state index contributed by atoms with van der Waals surface area (Å²) in [5.41, 5.74) is 0.985. The Bertz CT molecular complexity index is 915. The lowest BCUT2D eigenvalue weighted by Crippen LogP contribution is -2.27. The normalized spacial score (nSPS) is 15.4. The van der Waals surface area contributed by atoms with Gasteiger partial charge in [-0.1, -0.05) is 6.07 Å². The fourth-order valence-corrected chi connectivity index (χ4v) is 3.43. The second-order valence-electron chi connectivity index (χ2n) is 5.49. The average Bonchev–Trinajstić information content (AvgIpc) is 2.96. The number of benzene rings is 2. The Hall–Kier alpha value is -3.13. The number of phenols is 1. The van der Waals surface area contributed by atoms with Crippen molar-refractivity contribution in [2.24, 2.45) is 0 Å². The van der Waals surface area contributed by atoms with E-state index in [9.17, 15) is 14.7 Å². The topological polar surface area (TPSA) is 85.3 Å². The molecule has 1 N–H and O–H groups in total. The van der Waals surface area contributed by atoms with Crippen LogP contribution in [0.5, 0.6) is 23.0 Å². The molecule has 0 aliphatic carbocycles. The van der Waals surface area contributed by atoms with Crippen molar-refractivity contribution in [2.75, 3.05) is 26.2 Å². The number of thioether (sulfide) groups is 1. The Morgan fingerprint density at radius 1 is 1.00 bits per heavy atom. The lowest BCUT2D eigenvalue weighted by atomic mass is 10.1. The fourth-order valence-electron chi connectivity index (χ4n) is 2.59. The van der Waals surface area contributed by atoms with Gasteiger partial charge in [-0.25, -0.2) is 4.90 Å². The van der Waals surface area contributed by atoms with E-state index in [1.54, 1.807) is 42.5 Å². The van der Waals surface area contributed by atoms with E-state index in [1.165, 1.54) is 21.3 Å². The number of hydrogen-bond acceptors (Lipinski definition) is 7. The molecule has 3 rings (SSSR count). The van der Waals surface area contributed by atoms with E-state index in [-0.39, 0.29) is 22.2 Å². The van der Waals surface area contributed by atoms with Crippen LogP contribution in [0, 0.1) is 0 Å². The number of phenolic OH excluding ortho intramolecular Hbond substituents is 1. The molecule has 2 aromatic rings. The van der Waals surface area contributed by atoms with Gasteiger partial charge in [0.05, 0.1) is 31.9 Å². The highest BCUT2D eigenvalue weighted by Gasteiger charge is 2.36. The van der Waals surface area contributed by atoms with E-state index in [4.69, 9.17) is 14.2 Å². The quantitative estimate of drug-likeness (QED) is 0.784. The van der Waals surface area contributed by atoms with E-state index in [0.29, 0.717) is 17.0 Å². The van der Waals surface area contributed by atoms with Gasteiger partial charge < -0.3 is 19.3 Å². The van der Waals surface area contributed by atoms with Crippen molar-refractivity contribution in [1.82, 2.24) is 0 Å². The minimum Gasteiger partial charge on any atom is -0.502 e. The molecule has 0 saturated carbocycles. The van der Waals surface area contributed by atoms with Crippen LogP contribution in [-0.4, -0.2) is 37.6 Å². The Kier molecular flexibility index (Phi) is 5.27. The highest BCUT2D eigenvalue weighted by Crippen LogP contribution is 2.40. The SMILES string of the molecule is COc1cccc(N2C(=O)S/C(=C\c3cc(OC)c(O)c(OC)c3)C2=O)c1. The van der Waals surface area contributed by atoms with Crippen molar-refractivity contribution in [3.63, 3.8) is 0 Å². The highest BCUT2D eigenvalue weighted by atomic mass is 32.2. The number of methoxy groups -OCH3 is 3. The Labute approximate surface area is 160 Å². The number of aromatic hydroxyl groups is 1. The van der Waals surface area contributed by atoms with Crippen LogP contribution in [0.2, 0.25) is 0 Å². The van der Waals surface area contributed by atoms with Gasteiger partial charge in [-0.2, -0.15) is 0 Å². The predicted octanol–water partition coefficient (Wildman–Crippen LogP) is 3.66. The molecule has 0 atom stereocenters. The highest BCUT2D eigenvalue weighted by molar-refractivity contribution is 8.19. The van der Waals surface area contributed by atoms with Crippen molar-refractivity contribution in [2.45, 2.75) is 0 Å². The number of hydrogen-bond donors (Lipinski definition) is 1. The summed E-state index contributed by atoms with van der Waals surface area (Å²) in [6.45, 7) is 0. The van der Waals surface area contributed by atoms with E-state index in [0.717, 1.165) is 16.7 Å². The van der Waals surface area contributed by atoms with Crippen molar-refractivity contribution in [3.8, 4) is 23.0 Å². The third kappa shape index (κ3) is 3.56. The molecule has 1 aliphatic rings. The van der Waals surface area contributed by atoms with Gasteiger partial charge in [-0.15, -0.1) is 0 Å². The molecule has 1 heterocycles. The number of rotatable bonds is 5. The van der Waals surface area contributed by atoms with Gasteiger partial charge in [0.1, 0.15) is 5.75 Å². The summed E-state index contributed by atoms with van der Waals surface area (Å²) in [5.74, 6) is 0.370. The summed E-state index contributed by atoms with van der Waals surface area (Å²) >= 11 is 0.830. The van der Waals surface area contributed by atoms with E-state index in [2.05, 4.69) is 0 Å². The summed E-state index contributed by atoms with van der Waals surface area (Å²) in [6.07, 6.45) is 1.55. The van der Waals surface area contributed by atoms with Gasteiger partial charge in [0.25, 0.3) is 11.1 Å². The molecule has 8 heteroatoms. The van der Waals surface area contributed by atoms with Gasteiger partial charge in [-0.05, 0) is 47.7 Å². The van der Waals surface area contributed by atoms with Gasteiger partial charge in [0.15, 0.2) is 11.5 Å². The first-order chi connectivity index (χ1) is 13.0. The van der Waals surface area contributed by atoms with Gasteiger partial charge in [0, 0.05) is 6.07 Å². The zero-order valence-electron chi connectivity index (χ0n) is 14.9. The Balaban J connectivity index is 1.97. The van der Waals surface area contributed by atoms with E-state index >= 15 is 0 Å². The number of nitrogens with zero attached hydrogens (tertiary/aromatic N) is 1. The molecular formula is C19H17NO6S. The summed E-state index contributed by atoms with van der Waals surface area (Å²) < 4.78 is 15.4. The Morgan fingerprint density at radius 3 is 2.26 bits per heavy atom. The number of imide groups is 1. The lowest BCUT2D eigenvalue weighted by molar-refractivity contribution is -0.113. The smallest absolute Gasteiger partial charge is 0.298 e. The van der Waals surface area contributed by atoms with Crippen LogP contribution >= 0.6 is 11.8 Å². The molecule has 27 heavy (non-hydrogen) atoms. The molecule has 0 unspecified atom stereocenters. The number of carbonyl (C=O) groups excluding carboxylic acids is 2. The number of carbonyl (C=O) groups is 2.